The zero-order chi connectivity index (χ0) is 14.3. The molecule has 0 saturated heterocycles. The number of nitrogens with two attached hydrogens (primary N) is 2. The zero-order valence-corrected chi connectivity index (χ0v) is 11.6. The first kappa shape index (κ1) is 15.5. The third-order valence-electron chi connectivity index (χ3n) is 2.39. The summed E-state index contributed by atoms with van der Waals surface area (Å²) in [5.74, 6) is 0.394. The van der Waals surface area contributed by atoms with Crippen LogP contribution in [-0.4, -0.2) is 30.3 Å². The summed E-state index contributed by atoms with van der Waals surface area (Å²) in [5, 5.41) is 0. The summed E-state index contributed by atoms with van der Waals surface area (Å²) >= 11 is 1.54. The predicted molar refractivity (Wildman–Crippen MR) is 75.7 cm³/mol. The number of hydrogen-bond acceptors (Lipinski definition) is 5. The van der Waals surface area contributed by atoms with Gasteiger partial charge in [-0.25, -0.2) is 0 Å². The number of ether oxygens (including phenoxy) is 1. The van der Waals surface area contributed by atoms with E-state index in [4.69, 9.17) is 16.2 Å². The molecule has 0 aromatic heterocycles. The predicted octanol–water partition coefficient (Wildman–Crippen LogP) is 0.909. The number of thioether (sulfide) groups is 1. The van der Waals surface area contributed by atoms with Crippen LogP contribution in [-0.2, 0) is 15.3 Å². The normalized spacial score (nSPS) is 11.9. The third kappa shape index (κ3) is 5.32. The van der Waals surface area contributed by atoms with Crippen LogP contribution in [0.2, 0.25) is 0 Å². The van der Waals surface area contributed by atoms with Gasteiger partial charge in [0.1, 0.15) is 6.04 Å². The number of esters is 1. The molecular formula is C13H18N2O3S. The molecule has 4 N–H and O–H groups in total. The summed E-state index contributed by atoms with van der Waals surface area (Å²) in [7, 11) is 0. The van der Waals surface area contributed by atoms with Gasteiger partial charge in [0.2, 0.25) is 5.91 Å². The van der Waals surface area contributed by atoms with E-state index in [0.29, 0.717) is 23.7 Å². The maximum Gasteiger partial charge on any atom is 0.323 e. The van der Waals surface area contributed by atoms with Crippen LogP contribution in [0, 0.1) is 0 Å². The monoisotopic (exact) mass is 282 g/mol. The Morgan fingerprint density at radius 2 is 1.95 bits per heavy atom. The lowest BCUT2D eigenvalue weighted by molar-refractivity contribution is -0.144. The summed E-state index contributed by atoms with van der Waals surface area (Å²) in [6, 6.07) is 6.44. The van der Waals surface area contributed by atoms with Crippen molar-refractivity contribution >= 4 is 23.6 Å². The van der Waals surface area contributed by atoms with Gasteiger partial charge in [-0.3, -0.25) is 9.59 Å². The van der Waals surface area contributed by atoms with E-state index in [0.717, 1.165) is 5.56 Å². The van der Waals surface area contributed by atoms with E-state index in [-0.39, 0.29) is 5.97 Å². The molecule has 0 bridgehead atoms. The third-order valence-corrected chi connectivity index (χ3v) is 3.53. The minimum atomic E-state index is -0.602. The second-order valence-electron chi connectivity index (χ2n) is 3.93. The first-order valence-electron chi connectivity index (χ1n) is 5.93. The highest BCUT2D eigenvalue weighted by molar-refractivity contribution is 7.98. The van der Waals surface area contributed by atoms with E-state index >= 15 is 0 Å². The van der Waals surface area contributed by atoms with Crippen molar-refractivity contribution in [1.82, 2.24) is 0 Å². The maximum absolute atomic E-state index is 11.3. The number of carbonyl (C=O) groups excluding carboxylic acids is 2. The SMILES string of the molecule is CCOC(=O)C(N)CSCc1ccc(C(N)=O)cc1. The van der Waals surface area contributed by atoms with Crippen LogP contribution in [0.4, 0.5) is 0 Å². The summed E-state index contributed by atoms with van der Waals surface area (Å²) in [5.41, 5.74) is 12.4. The minimum absolute atomic E-state index is 0.339. The molecule has 1 unspecified atom stereocenters. The van der Waals surface area contributed by atoms with Crippen molar-refractivity contribution < 1.29 is 14.3 Å². The van der Waals surface area contributed by atoms with Gasteiger partial charge in [-0.2, -0.15) is 11.8 Å². The van der Waals surface area contributed by atoms with Gasteiger partial charge in [-0.1, -0.05) is 12.1 Å². The molecule has 104 valence electrons. The van der Waals surface area contributed by atoms with Crippen molar-refractivity contribution in [1.29, 1.82) is 0 Å². The molecule has 1 aromatic carbocycles. The molecule has 0 heterocycles. The fourth-order valence-electron chi connectivity index (χ4n) is 1.39. The van der Waals surface area contributed by atoms with Gasteiger partial charge in [0, 0.05) is 17.1 Å². The Hall–Kier alpha value is -1.53. The average Bonchev–Trinajstić information content (AvgIpc) is 2.39. The summed E-state index contributed by atoms with van der Waals surface area (Å²) < 4.78 is 4.82. The highest BCUT2D eigenvalue weighted by Gasteiger charge is 2.14. The van der Waals surface area contributed by atoms with Gasteiger partial charge >= 0.3 is 5.97 Å². The molecule has 1 rings (SSSR count). The van der Waals surface area contributed by atoms with Crippen LogP contribution in [0.15, 0.2) is 24.3 Å². The van der Waals surface area contributed by atoms with E-state index in [1.807, 2.05) is 12.1 Å². The molecule has 0 spiro atoms. The van der Waals surface area contributed by atoms with Crippen molar-refractivity contribution in [3.63, 3.8) is 0 Å². The van der Waals surface area contributed by atoms with Crippen LogP contribution in [0.5, 0.6) is 0 Å². The van der Waals surface area contributed by atoms with Gasteiger partial charge < -0.3 is 16.2 Å². The van der Waals surface area contributed by atoms with Gasteiger partial charge in [-0.05, 0) is 24.6 Å². The standard InChI is InChI=1S/C13H18N2O3S/c1-2-18-13(17)11(14)8-19-7-9-3-5-10(6-4-9)12(15)16/h3-6,11H,2,7-8,14H2,1H3,(H2,15,16). The van der Waals surface area contributed by atoms with Gasteiger partial charge in [0.05, 0.1) is 6.61 Å². The molecule has 0 aliphatic carbocycles. The molecule has 1 aromatic rings. The Morgan fingerprint density at radius 1 is 1.32 bits per heavy atom. The number of carbonyl (C=O) groups is 2. The molecule has 1 amide bonds. The molecule has 0 aliphatic rings. The molecule has 0 fully saturated rings. The first-order chi connectivity index (χ1) is 9.04. The first-order valence-corrected chi connectivity index (χ1v) is 7.08. The van der Waals surface area contributed by atoms with Crippen LogP contribution in [0.3, 0.4) is 0 Å². The lowest BCUT2D eigenvalue weighted by Crippen LogP contribution is -2.34. The molecular weight excluding hydrogens is 264 g/mol. The number of primary amides is 1. The zero-order valence-electron chi connectivity index (χ0n) is 10.8. The smallest absolute Gasteiger partial charge is 0.323 e. The van der Waals surface area contributed by atoms with Crippen molar-refractivity contribution in [2.45, 2.75) is 18.7 Å². The number of benzene rings is 1. The van der Waals surface area contributed by atoms with Crippen LogP contribution < -0.4 is 11.5 Å². The Morgan fingerprint density at radius 3 is 2.47 bits per heavy atom. The largest absolute Gasteiger partial charge is 0.465 e. The molecule has 1 atom stereocenters. The van der Waals surface area contributed by atoms with Crippen molar-refractivity contribution in [2.75, 3.05) is 12.4 Å². The van der Waals surface area contributed by atoms with Crippen molar-refractivity contribution in [2.24, 2.45) is 11.5 Å². The van der Waals surface area contributed by atoms with Crippen LogP contribution in [0.25, 0.3) is 0 Å². The minimum Gasteiger partial charge on any atom is -0.465 e. The quantitative estimate of drug-likeness (QED) is 0.725. The lowest BCUT2D eigenvalue weighted by Gasteiger charge is -2.10. The van der Waals surface area contributed by atoms with Gasteiger partial charge in [0.15, 0.2) is 0 Å². The number of rotatable bonds is 7. The lowest BCUT2D eigenvalue weighted by atomic mass is 10.1. The maximum atomic E-state index is 11.3. The van der Waals surface area contributed by atoms with Gasteiger partial charge in [0.25, 0.3) is 0 Å². The van der Waals surface area contributed by atoms with E-state index < -0.39 is 11.9 Å². The van der Waals surface area contributed by atoms with Crippen molar-refractivity contribution in [3.8, 4) is 0 Å². The van der Waals surface area contributed by atoms with Crippen LogP contribution in [0.1, 0.15) is 22.8 Å². The Labute approximate surface area is 116 Å². The second-order valence-corrected chi connectivity index (χ2v) is 4.97. The molecule has 5 nitrogen and oxygen atoms in total. The van der Waals surface area contributed by atoms with E-state index in [1.165, 1.54) is 0 Å². The second kappa shape index (κ2) is 7.81. The van der Waals surface area contributed by atoms with Crippen LogP contribution >= 0.6 is 11.8 Å². The molecule has 6 heteroatoms. The fraction of sp³-hybridized carbons (Fsp3) is 0.385. The Bertz CT molecular complexity index is 434. The number of hydrogen-bond donors (Lipinski definition) is 2. The summed E-state index contributed by atoms with van der Waals surface area (Å²) in [4.78, 5) is 22.2. The average molecular weight is 282 g/mol. The Balaban J connectivity index is 2.36. The fourth-order valence-corrected chi connectivity index (χ4v) is 2.32. The van der Waals surface area contributed by atoms with E-state index in [9.17, 15) is 9.59 Å². The Kier molecular flexibility index (Phi) is 6.38. The molecule has 19 heavy (non-hydrogen) atoms. The molecule has 0 aliphatic heterocycles. The highest BCUT2D eigenvalue weighted by atomic mass is 32.2. The summed E-state index contributed by atoms with van der Waals surface area (Å²) in [6.45, 7) is 2.09. The topological polar surface area (TPSA) is 95.4 Å². The number of amides is 1. The highest BCUT2D eigenvalue weighted by Crippen LogP contribution is 2.14. The summed E-state index contributed by atoms with van der Waals surface area (Å²) in [6.07, 6.45) is 0. The van der Waals surface area contributed by atoms with Crippen molar-refractivity contribution in [3.05, 3.63) is 35.4 Å². The van der Waals surface area contributed by atoms with E-state index in [1.54, 1.807) is 30.8 Å². The molecule has 0 radical (unpaired) electrons. The van der Waals surface area contributed by atoms with Gasteiger partial charge in [-0.15, -0.1) is 0 Å². The molecule has 0 saturated carbocycles. The van der Waals surface area contributed by atoms with E-state index in [2.05, 4.69) is 0 Å².